The van der Waals surface area contributed by atoms with Gasteiger partial charge in [0.1, 0.15) is 24.0 Å². The van der Waals surface area contributed by atoms with E-state index in [1.807, 2.05) is 25.1 Å². The molecule has 0 bridgehead atoms. The molecule has 1 fully saturated rings. The molecule has 0 N–H and O–H groups in total. The second-order valence-electron chi connectivity index (χ2n) is 7.41. The van der Waals surface area contributed by atoms with E-state index >= 15 is 0 Å². The van der Waals surface area contributed by atoms with E-state index in [-0.39, 0.29) is 12.4 Å². The van der Waals surface area contributed by atoms with Gasteiger partial charge in [0.15, 0.2) is 0 Å². The van der Waals surface area contributed by atoms with Crippen LogP contribution in [0.2, 0.25) is 0 Å². The van der Waals surface area contributed by atoms with Crippen molar-refractivity contribution >= 4 is 16.6 Å². The highest BCUT2D eigenvalue weighted by molar-refractivity contribution is 5.92. The second-order valence-corrected chi connectivity index (χ2v) is 7.41. The summed E-state index contributed by atoms with van der Waals surface area (Å²) in [6.07, 6.45) is -2.26. The van der Waals surface area contributed by atoms with Crippen LogP contribution in [-0.2, 0) is 12.8 Å². The van der Waals surface area contributed by atoms with Crippen LogP contribution in [0, 0.1) is 18.3 Å². The van der Waals surface area contributed by atoms with Gasteiger partial charge in [0.05, 0.1) is 11.1 Å². The Hall–Kier alpha value is -3.27. The lowest BCUT2D eigenvalue weighted by Gasteiger charge is -2.20. The number of halogens is 3. The Balaban J connectivity index is 1.62. The Morgan fingerprint density at radius 1 is 1.13 bits per heavy atom. The molecule has 1 aromatic heterocycles. The van der Waals surface area contributed by atoms with E-state index in [0.29, 0.717) is 0 Å². The van der Waals surface area contributed by atoms with E-state index in [2.05, 4.69) is 16.0 Å². The van der Waals surface area contributed by atoms with Gasteiger partial charge in [-0.05, 0) is 49.6 Å². The molecular formula is C23H20F3N3O. The monoisotopic (exact) mass is 411 g/mol. The first-order valence-corrected chi connectivity index (χ1v) is 9.75. The Bertz CT molecular complexity index is 1130. The van der Waals surface area contributed by atoms with E-state index < -0.39 is 17.3 Å². The highest BCUT2D eigenvalue weighted by atomic mass is 19.4. The largest absolute Gasteiger partial charge is 0.488 e. The maximum absolute atomic E-state index is 13.1. The first-order valence-electron chi connectivity index (χ1n) is 9.75. The SMILES string of the molecule is Cc1cc(N2CCCC2)c2ccc(COc3cccc(C(F)(F)F)c3C#N)cc2n1. The molecule has 4 rings (SSSR count). The van der Waals surface area contributed by atoms with Crippen LogP contribution in [0.15, 0.2) is 42.5 Å². The zero-order valence-electron chi connectivity index (χ0n) is 16.5. The molecule has 2 heterocycles. The number of anilines is 1. The van der Waals surface area contributed by atoms with Crippen LogP contribution in [-0.4, -0.2) is 18.1 Å². The fourth-order valence-corrected chi connectivity index (χ4v) is 3.86. The van der Waals surface area contributed by atoms with Crippen molar-refractivity contribution in [3.63, 3.8) is 0 Å². The number of aromatic nitrogens is 1. The Labute approximate surface area is 172 Å². The predicted molar refractivity (Wildman–Crippen MR) is 108 cm³/mol. The van der Waals surface area contributed by atoms with Gasteiger partial charge >= 0.3 is 6.18 Å². The minimum Gasteiger partial charge on any atom is -0.488 e. The quantitative estimate of drug-likeness (QED) is 0.560. The van der Waals surface area contributed by atoms with Gasteiger partial charge in [-0.15, -0.1) is 0 Å². The minimum atomic E-state index is -4.61. The van der Waals surface area contributed by atoms with Crippen LogP contribution in [0.4, 0.5) is 18.9 Å². The zero-order chi connectivity index (χ0) is 21.3. The first kappa shape index (κ1) is 20.0. The minimum absolute atomic E-state index is 0.0423. The number of pyridine rings is 1. The molecule has 0 radical (unpaired) electrons. The highest BCUT2D eigenvalue weighted by Crippen LogP contribution is 2.36. The molecule has 3 aromatic rings. The molecule has 1 aliphatic heterocycles. The van der Waals surface area contributed by atoms with E-state index in [9.17, 15) is 18.4 Å². The van der Waals surface area contributed by atoms with Gasteiger partial charge in [0.2, 0.25) is 0 Å². The van der Waals surface area contributed by atoms with E-state index in [4.69, 9.17) is 4.74 Å². The lowest BCUT2D eigenvalue weighted by molar-refractivity contribution is -0.137. The third-order valence-corrected chi connectivity index (χ3v) is 5.27. The molecule has 0 amide bonds. The van der Waals surface area contributed by atoms with Crippen molar-refractivity contribution in [2.24, 2.45) is 0 Å². The molecule has 0 saturated carbocycles. The summed E-state index contributed by atoms with van der Waals surface area (Å²) in [7, 11) is 0. The normalized spacial score (nSPS) is 14.2. The summed E-state index contributed by atoms with van der Waals surface area (Å²) in [4.78, 5) is 6.98. The van der Waals surface area contributed by atoms with Gasteiger partial charge in [-0.25, -0.2) is 0 Å². The van der Waals surface area contributed by atoms with Gasteiger partial charge in [-0.1, -0.05) is 18.2 Å². The smallest absolute Gasteiger partial charge is 0.417 e. The first-order chi connectivity index (χ1) is 14.4. The van der Waals surface area contributed by atoms with Crippen molar-refractivity contribution in [2.75, 3.05) is 18.0 Å². The molecule has 2 aromatic carbocycles. The predicted octanol–water partition coefficient (Wildman–Crippen LogP) is 5.61. The molecule has 0 atom stereocenters. The molecule has 7 heteroatoms. The maximum Gasteiger partial charge on any atom is 0.417 e. The number of benzene rings is 2. The number of hydrogen-bond acceptors (Lipinski definition) is 4. The van der Waals surface area contributed by atoms with Crippen LogP contribution in [0.3, 0.4) is 0 Å². The summed E-state index contributed by atoms with van der Waals surface area (Å²) < 4.78 is 45.0. The number of aryl methyl sites for hydroxylation is 1. The van der Waals surface area contributed by atoms with Crippen LogP contribution in [0.5, 0.6) is 5.75 Å². The van der Waals surface area contributed by atoms with Gasteiger partial charge in [-0.2, -0.15) is 18.4 Å². The summed E-state index contributed by atoms with van der Waals surface area (Å²) in [5.74, 6) is -0.0811. The van der Waals surface area contributed by atoms with E-state index in [1.54, 1.807) is 6.07 Å². The standard InChI is InChI=1S/C23H20F3N3O/c1-15-11-21(29-9-2-3-10-29)17-8-7-16(12-20(17)28-15)14-30-22-6-4-5-19(18(22)13-27)23(24,25)26/h4-8,11-12H,2-3,9-10,14H2,1H3. The van der Waals surface area contributed by atoms with Crippen molar-refractivity contribution in [3.05, 3.63) is 64.8 Å². The number of nitrogens with zero attached hydrogens (tertiary/aromatic N) is 3. The van der Waals surface area contributed by atoms with Gasteiger partial charge in [-0.3, -0.25) is 4.98 Å². The van der Waals surface area contributed by atoms with Gasteiger partial charge < -0.3 is 9.64 Å². The average molecular weight is 411 g/mol. The maximum atomic E-state index is 13.1. The number of fused-ring (bicyclic) bond motifs is 1. The lowest BCUT2D eigenvalue weighted by Crippen LogP contribution is -2.18. The summed E-state index contributed by atoms with van der Waals surface area (Å²) >= 11 is 0. The van der Waals surface area contributed by atoms with E-state index in [1.165, 1.54) is 25.0 Å². The van der Waals surface area contributed by atoms with Crippen LogP contribution in [0.25, 0.3) is 10.9 Å². The highest BCUT2D eigenvalue weighted by Gasteiger charge is 2.34. The van der Waals surface area contributed by atoms with Crippen molar-refractivity contribution in [3.8, 4) is 11.8 Å². The van der Waals surface area contributed by atoms with Gasteiger partial charge in [0.25, 0.3) is 0 Å². The number of rotatable bonds is 4. The fraction of sp³-hybridized carbons (Fsp3) is 0.304. The van der Waals surface area contributed by atoms with Crippen LogP contribution >= 0.6 is 0 Å². The Morgan fingerprint density at radius 3 is 2.60 bits per heavy atom. The summed E-state index contributed by atoms with van der Waals surface area (Å²) in [5, 5.41) is 10.3. The molecule has 0 unspecified atom stereocenters. The summed E-state index contributed by atoms with van der Waals surface area (Å²) in [6, 6.07) is 13.0. The van der Waals surface area contributed by atoms with E-state index in [0.717, 1.165) is 47.0 Å². The average Bonchev–Trinajstić information content (AvgIpc) is 3.25. The zero-order valence-corrected chi connectivity index (χ0v) is 16.5. The number of hydrogen-bond donors (Lipinski definition) is 0. The van der Waals surface area contributed by atoms with Gasteiger partial charge in [0, 0.05) is 29.9 Å². The third kappa shape index (κ3) is 3.90. The van der Waals surface area contributed by atoms with Crippen LogP contribution in [0.1, 0.15) is 35.2 Å². The number of alkyl halides is 3. The number of ether oxygens (including phenoxy) is 1. The molecular weight excluding hydrogens is 391 g/mol. The summed E-state index contributed by atoms with van der Waals surface area (Å²) in [6.45, 7) is 4.04. The Morgan fingerprint density at radius 2 is 1.90 bits per heavy atom. The molecule has 0 aliphatic carbocycles. The lowest BCUT2D eigenvalue weighted by atomic mass is 10.1. The number of nitriles is 1. The third-order valence-electron chi connectivity index (χ3n) is 5.27. The van der Waals surface area contributed by atoms with Crippen molar-refractivity contribution < 1.29 is 17.9 Å². The Kier molecular flexibility index (Phi) is 5.25. The van der Waals surface area contributed by atoms with Crippen molar-refractivity contribution in [1.29, 1.82) is 5.26 Å². The fourth-order valence-electron chi connectivity index (χ4n) is 3.86. The van der Waals surface area contributed by atoms with Crippen LogP contribution < -0.4 is 9.64 Å². The van der Waals surface area contributed by atoms with Crippen molar-refractivity contribution in [2.45, 2.75) is 32.5 Å². The molecule has 154 valence electrons. The molecule has 0 spiro atoms. The molecule has 30 heavy (non-hydrogen) atoms. The van der Waals surface area contributed by atoms with Crippen molar-refractivity contribution in [1.82, 2.24) is 4.98 Å². The molecule has 1 saturated heterocycles. The second kappa shape index (κ2) is 7.86. The molecule has 1 aliphatic rings. The summed E-state index contributed by atoms with van der Waals surface area (Å²) in [5.41, 5.74) is 2.17. The molecule has 4 nitrogen and oxygen atoms in total. The topological polar surface area (TPSA) is 49.1 Å².